The highest BCUT2D eigenvalue weighted by Crippen LogP contribution is 2.10. The summed E-state index contributed by atoms with van der Waals surface area (Å²) < 4.78 is 4.66. The number of alkyl carbamates (subject to hydrolysis) is 1. The summed E-state index contributed by atoms with van der Waals surface area (Å²) in [5.74, 6) is 0.213. The topological polar surface area (TPSA) is 58.6 Å². The summed E-state index contributed by atoms with van der Waals surface area (Å²) in [6.45, 7) is 2.09. The lowest BCUT2D eigenvalue weighted by Crippen LogP contribution is -2.17. The number of amides is 1. The summed E-state index contributed by atoms with van der Waals surface area (Å²) in [7, 11) is 0. The molecular weight excluding hydrogens is 194 g/mol. The number of phenolic OH excluding ortho intramolecular Hbond substituents is 1. The minimum Gasteiger partial charge on any atom is -0.508 e. The predicted octanol–water partition coefficient (Wildman–Crippen LogP) is 2.11. The van der Waals surface area contributed by atoms with E-state index in [2.05, 4.69) is 10.1 Å². The first-order valence-corrected chi connectivity index (χ1v) is 4.61. The van der Waals surface area contributed by atoms with E-state index in [1.165, 1.54) is 6.20 Å². The second kappa shape index (κ2) is 5.70. The zero-order chi connectivity index (χ0) is 11.1. The Hall–Kier alpha value is -1.97. The lowest BCUT2D eigenvalue weighted by Gasteiger charge is -1.99. The zero-order valence-electron chi connectivity index (χ0n) is 8.43. The van der Waals surface area contributed by atoms with Crippen molar-refractivity contribution in [1.82, 2.24) is 5.32 Å². The lowest BCUT2D eigenvalue weighted by atomic mass is 10.2. The molecule has 4 heteroatoms. The predicted molar refractivity (Wildman–Crippen MR) is 57.3 cm³/mol. The van der Waals surface area contributed by atoms with E-state index >= 15 is 0 Å². The van der Waals surface area contributed by atoms with Crippen LogP contribution in [0.3, 0.4) is 0 Å². The largest absolute Gasteiger partial charge is 0.508 e. The molecule has 0 aliphatic rings. The van der Waals surface area contributed by atoms with Crippen LogP contribution in [-0.2, 0) is 4.74 Å². The highest BCUT2D eigenvalue weighted by Gasteiger charge is 1.94. The van der Waals surface area contributed by atoms with Crippen LogP contribution in [0, 0.1) is 0 Å². The van der Waals surface area contributed by atoms with E-state index in [-0.39, 0.29) is 5.75 Å². The highest BCUT2D eigenvalue weighted by molar-refractivity contribution is 5.69. The quantitative estimate of drug-likeness (QED) is 0.798. The van der Waals surface area contributed by atoms with Gasteiger partial charge >= 0.3 is 6.09 Å². The third kappa shape index (κ3) is 4.17. The maximum absolute atomic E-state index is 10.9. The van der Waals surface area contributed by atoms with Gasteiger partial charge in [0.05, 0.1) is 6.61 Å². The molecule has 0 radical (unpaired) electrons. The number of hydrogen-bond acceptors (Lipinski definition) is 3. The van der Waals surface area contributed by atoms with Crippen molar-refractivity contribution in [1.29, 1.82) is 0 Å². The highest BCUT2D eigenvalue weighted by atomic mass is 16.5. The number of carbonyl (C=O) groups excluding carboxylic acids is 1. The van der Waals surface area contributed by atoms with Crippen LogP contribution in [0.5, 0.6) is 5.75 Å². The average Bonchev–Trinajstić information content (AvgIpc) is 2.21. The second-order valence-electron chi connectivity index (χ2n) is 2.79. The van der Waals surface area contributed by atoms with E-state index in [1.54, 1.807) is 37.3 Å². The summed E-state index contributed by atoms with van der Waals surface area (Å²) >= 11 is 0. The second-order valence-corrected chi connectivity index (χ2v) is 2.79. The van der Waals surface area contributed by atoms with Crippen molar-refractivity contribution in [2.24, 2.45) is 0 Å². The van der Waals surface area contributed by atoms with Crippen molar-refractivity contribution in [3.63, 3.8) is 0 Å². The van der Waals surface area contributed by atoms with Crippen LogP contribution in [0.25, 0.3) is 6.08 Å². The summed E-state index contributed by atoms with van der Waals surface area (Å²) in [5, 5.41) is 11.5. The summed E-state index contributed by atoms with van der Waals surface area (Å²) in [6, 6.07) is 6.62. The summed E-state index contributed by atoms with van der Waals surface area (Å²) in [4.78, 5) is 10.9. The van der Waals surface area contributed by atoms with Gasteiger partial charge in [-0.1, -0.05) is 12.1 Å². The summed E-state index contributed by atoms with van der Waals surface area (Å²) in [5.41, 5.74) is 0.879. The lowest BCUT2D eigenvalue weighted by molar-refractivity contribution is 0.156. The molecule has 0 aromatic heterocycles. The number of carbonyl (C=O) groups is 1. The fourth-order valence-electron chi connectivity index (χ4n) is 0.964. The molecular formula is C11H13NO3. The van der Waals surface area contributed by atoms with Gasteiger partial charge < -0.3 is 9.84 Å². The van der Waals surface area contributed by atoms with E-state index in [0.29, 0.717) is 6.61 Å². The average molecular weight is 207 g/mol. The van der Waals surface area contributed by atoms with Crippen LogP contribution in [0.2, 0.25) is 0 Å². The monoisotopic (exact) mass is 207 g/mol. The Labute approximate surface area is 88.2 Å². The van der Waals surface area contributed by atoms with E-state index in [4.69, 9.17) is 5.11 Å². The van der Waals surface area contributed by atoms with Crippen LogP contribution >= 0.6 is 0 Å². The van der Waals surface area contributed by atoms with Gasteiger partial charge in [0, 0.05) is 6.20 Å². The maximum atomic E-state index is 10.9. The first-order valence-electron chi connectivity index (χ1n) is 4.61. The molecule has 1 aromatic carbocycles. The maximum Gasteiger partial charge on any atom is 0.411 e. The SMILES string of the molecule is CCOC(=O)N/C=C/c1ccc(O)cc1. The number of phenols is 1. The normalized spacial score (nSPS) is 10.2. The number of rotatable bonds is 3. The molecule has 80 valence electrons. The van der Waals surface area contributed by atoms with E-state index in [0.717, 1.165) is 5.56 Å². The molecule has 4 nitrogen and oxygen atoms in total. The van der Waals surface area contributed by atoms with Gasteiger partial charge in [0.1, 0.15) is 5.75 Å². The smallest absolute Gasteiger partial charge is 0.411 e. The molecule has 0 fully saturated rings. The molecule has 0 heterocycles. The van der Waals surface area contributed by atoms with Gasteiger partial charge in [-0.25, -0.2) is 4.79 Å². The molecule has 0 aliphatic carbocycles. The molecule has 0 bridgehead atoms. The Balaban J connectivity index is 2.44. The van der Waals surface area contributed by atoms with E-state index in [9.17, 15) is 4.79 Å². The van der Waals surface area contributed by atoms with Crippen LogP contribution in [0.1, 0.15) is 12.5 Å². The van der Waals surface area contributed by atoms with Crippen LogP contribution in [-0.4, -0.2) is 17.8 Å². The summed E-state index contributed by atoms with van der Waals surface area (Å²) in [6.07, 6.45) is 2.72. The van der Waals surface area contributed by atoms with Gasteiger partial charge in [-0.2, -0.15) is 0 Å². The van der Waals surface area contributed by atoms with Gasteiger partial charge in [0.2, 0.25) is 0 Å². The Morgan fingerprint density at radius 2 is 2.13 bits per heavy atom. The minimum atomic E-state index is -0.479. The van der Waals surface area contributed by atoms with Gasteiger partial charge in [-0.3, -0.25) is 5.32 Å². The van der Waals surface area contributed by atoms with Gasteiger partial charge in [0.15, 0.2) is 0 Å². The minimum absolute atomic E-state index is 0.213. The first kappa shape index (κ1) is 11.1. The molecule has 15 heavy (non-hydrogen) atoms. The molecule has 0 saturated carbocycles. The van der Waals surface area contributed by atoms with Crippen LogP contribution in [0.4, 0.5) is 4.79 Å². The fraction of sp³-hybridized carbons (Fsp3) is 0.182. The molecule has 0 atom stereocenters. The molecule has 0 aliphatic heterocycles. The van der Waals surface area contributed by atoms with Crippen molar-refractivity contribution < 1.29 is 14.6 Å². The van der Waals surface area contributed by atoms with Crippen molar-refractivity contribution in [2.45, 2.75) is 6.92 Å². The number of ether oxygens (including phenoxy) is 1. The van der Waals surface area contributed by atoms with Crippen LogP contribution in [0.15, 0.2) is 30.5 Å². The molecule has 1 rings (SSSR count). The van der Waals surface area contributed by atoms with Crippen LogP contribution < -0.4 is 5.32 Å². The third-order valence-electron chi connectivity index (χ3n) is 1.65. The van der Waals surface area contributed by atoms with Crippen molar-refractivity contribution in [2.75, 3.05) is 6.61 Å². The molecule has 0 spiro atoms. The number of hydrogen-bond donors (Lipinski definition) is 2. The number of benzene rings is 1. The van der Waals surface area contributed by atoms with Crippen molar-refractivity contribution >= 4 is 12.2 Å². The molecule has 0 unspecified atom stereocenters. The van der Waals surface area contributed by atoms with Crippen molar-refractivity contribution in [3.8, 4) is 5.75 Å². The molecule has 1 aromatic rings. The molecule has 2 N–H and O–H groups in total. The number of aromatic hydroxyl groups is 1. The molecule has 1 amide bonds. The Morgan fingerprint density at radius 3 is 2.73 bits per heavy atom. The van der Waals surface area contributed by atoms with Gasteiger partial charge in [0.25, 0.3) is 0 Å². The fourth-order valence-corrected chi connectivity index (χ4v) is 0.964. The van der Waals surface area contributed by atoms with E-state index in [1.807, 2.05) is 0 Å². The first-order chi connectivity index (χ1) is 7.22. The molecule has 0 saturated heterocycles. The zero-order valence-corrected chi connectivity index (χ0v) is 8.43. The van der Waals surface area contributed by atoms with Gasteiger partial charge in [-0.15, -0.1) is 0 Å². The van der Waals surface area contributed by atoms with Gasteiger partial charge in [-0.05, 0) is 30.7 Å². The van der Waals surface area contributed by atoms with Crippen molar-refractivity contribution in [3.05, 3.63) is 36.0 Å². The standard InChI is InChI=1S/C11H13NO3/c1-2-15-11(14)12-8-7-9-3-5-10(13)6-4-9/h3-8,13H,2H2,1H3,(H,12,14)/b8-7+. The third-order valence-corrected chi connectivity index (χ3v) is 1.65. The Bertz CT molecular complexity index is 343. The number of nitrogens with one attached hydrogen (secondary N) is 1. The Kier molecular flexibility index (Phi) is 4.22. The Morgan fingerprint density at radius 1 is 1.47 bits per heavy atom. The van der Waals surface area contributed by atoms with E-state index < -0.39 is 6.09 Å².